The molecule has 8 nitrogen and oxygen atoms in total. The molecule has 1 saturated heterocycles. The van der Waals surface area contributed by atoms with Crippen LogP contribution < -0.4 is 15.4 Å². The van der Waals surface area contributed by atoms with Gasteiger partial charge in [0.2, 0.25) is 10.0 Å². The maximum absolute atomic E-state index is 12.2. The van der Waals surface area contributed by atoms with Gasteiger partial charge in [-0.1, -0.05) is 12.1 Å². The van der Waals surface area contributed by atoms with Gasteiger partial charge in [0.1, 0.15) is 0 Å². The van der Waals surface area contributed by atoms with Crippen molar-refractivity contribution >= 4 is 56.4 Å². The zero-order valence-corrected chi connectivity index (χ0v) is 19.9. The molecule has 1 aromatic heterocycles. The Kier molecular flexibility index (Phi) is 7.35. The standard InChI is InChI=1S/C18H24N6O2S2.HI/c19-17(23-8-10-24(11-9-23)18-20-7-12-27-18)21-13-14-1-5-16(6-2-14)28(25,26)22-15-3-4-15;/h1-2,5-7,12,15,22H,3-4,8-11,13H2,(H2,19,21);1H. The number of aromatic nitrogens is 1. The summed E-state index contributed by atoms with van der Waals surface area (Å²) in [5.41, 5.74) is 7.09. The molecule has 0 spiro atoms. The smallest absolute Gasteiger partial charge is 0.240 e. The lowest BCUT2D eigenvalue weighted by atomic mass is 10.2. The Morgan fingerprint density at radius 3 is 2.48 bits per heavy atom. The number of nitrogens with zero attached hydrogens (tertiary/aromatic N) is 4. The van der Waals surface area contributed by atoms with E-state index in [0.717, 1.165) is 49.7 Å². The highest BCUT2D eigenvalue weighted by molar-refractivity contribution is 14.0. The largest absolute Gasteiger partial charge is 0.370 e. The molecule has 1 aliphatic carbocycles. The molecule has 1 aromatic carbocycles. The van der Waals surface area contributed by atoms with Crippen LogP contribution in [0, 0.1) is 0 Å². The van der Waals surface area contributed by atoms with Crippen molar-refractivity contribution in [3.8, 4) is 0 Å². The van der Waals surface area contributed by atoms with Gasteiger partial charge in [-0.3, -0.25) is 0 Å². The van der Waals surface area contributed by atoms with Gasteiger partial charge >= 0.3 is 0 Å². The van der Waals surface area contributed by atoms with Crippen LogP contribution >= 0.6 is 35.3 Å². The molecule has 11 heteroatoms. The van der Waals surface area contributed by atoms with Crippen molar-refractivity contribution in [2.45, 2.75) is 30.3 Å². The van der Waals surface area contributed by atoms with Gasteiger partial charge in [-0.15, -0.1) is 35.3 Å². The average molecular weight is 548 g/mol. The molecule has 4 rings (SSSR count). The maximum Gasteiger partial charge on any atom is 0.240 e. The van der Waals surface area contributed by atoms with Crippen molar-refractivity contribution in [1.29, 1.82) is 0 Å². The number of nitrogens with one attached hydrogen (secondary N) is 1. The third kappa shape index (κ3) is 5.80. The number of benzene rings is 1. The number of rotatable bonds is 6. The van der Waals surface area contributed by atoms with Crippen LogP contribution in [-0.2, 0) is 16.6 Å². The summed E-state index contributed by atoms with van der Waals surface area (Å²) in [7, 11) is -3.41. The molecule has 0 amide bonds. The van der Waals surface area contributed by atoms with Crippen LogP contribution in [0.15, 0.2) is 45.7 Å². The first-order chi connectivity index (χ1) is 13.5. The average Bonchev–Trinajstić information content (AvgIpc) is 3.33. The van der Waals surface area contributed by atoms with E-state index in [9.17, 15) is 8.42 Å². The number of aliphatic imine (C=N–C) groups is 1. The predicted octanol–water partition coefficient (Wildman–Crippen LogP) is 1.84. The van der Waals surface area contributed by atoms with Crippen molar-refractivity contribution < 1.29 is 8.42 Å². The lowest BCUT2D eigenvalue weighted by Gasteiger charge is -2.35. The normalized spacial score (nSPS) is 17.9. The van der Waals surface area contributed by atoms with Crippen molar-refractivity contribution in [2.24, 2.45) is 10.7 Å². The van der Waals surface area contributed by atoms with Crippen LogP contribution in [0.2, 0.25) is 0 Å². The molecule has 2 heterocycles. The summed E-state index contributed by atoms with van der Waals surface area (Å²) in [5.74, 6) is 0.519. The lowest BCUT2D eigenvalue weighted by Crippen LogP contribution is -2.51. The molecule has 0 bridgehead atoms. The topological polar surface area (TPSA) is 104 Å². The Balaban J connectivity index is 0.00000240. The highest BCUT2D eigenvalue weighted by Gasteiger charge is 2.27. The van der Waals surface area contributed by atoms with Gasteiger partial charge in [0, 0.05) is 43.8 Å². The Morgan fingerprint density at radius 1 is 1.21 bits per heavy atom. The molecule has 0 unspecified atom stereocenters. The summed E-state index contributed by atoms with van der Waals surface area (Å²) >= 11 is 1.64. The Hall–Kier alpha value is -1.44. The molecular formula is C18H25IN6O2S2. The van der Waals surface area contributed by atoms with E-state index in [1.54, 1.807) is 35.6 Å². The van der Waals surface area contributed by atoms with Gasteiger partial charge in [-0.25, -0.2) is 23.1 Å². The minimum Gasteiger partial charge on any atom is -0.370 e. The van der Waals surface area contributed by atoms with E-state index in [2.05, 4.69) is 24.5 Å². The molecule has 1 saturated carbocycles. The Labute approximate surface area is 192 Å². The van der Waals surface area contributed by atoms with E-state index in [1.807, 2.05) is 11.6 Å². The third-order valence-electron chi connectivity index (χ3n) is 4.85. The first kappa shape index (κ1) is 22.2. The molecule has 158 valence electrons. The van der Waals surface area contributed by atoms with Gasteiger partial charge < -0.3 is 15.5 Å². The first-order valence-electron chi connectivity index (χ1n) is 9.32. The lowest BCUT2D eigenvalue weighted by molar-refractivity contribution is 0.380. The van der Waals surface area contributed by atoms with Gasteiger partial charge in [0.15, 0.2) is 11.1 Å². The number of guanidine groups is 1. The number of hydrogen-bond donors (Lipinski definition) is 2. The summed E-state index contributed by atoms with van der Waals surface area (Å²) in [6.45, 7) is 3.77. The summed E-state index contributed by atoms with van der Waals surface area (Å²) in [5, 5.41) is 3.03. The van der Waals surface area contributed by atoms with E-state index in [1.165, 1.54) is 0 Å². The molecule has 2 aromatic rings. The number of thiazole rings is 1. The monoisotopic (exact) mass is 548 g/mol. The highest BCUT2D eigenvalue weighted by Crippen LogP contribution is 2.22. The number of halogens is 1. The third-order valence-corrected chi connectivity index (χ3v) is 7.22. The second-order valence-electron chi connectivity index (χ2n) is 7.00. The number of hydrogen-bond acceptors (Lipinski definition) is 6. The summed E-state index contributed by atoms with van der Waals surface area (Å²) < 4.78 is 27.1. The number of nitrogens with two attached hydrogens (primary N) is 1. The predicted molar refractivity (Wildman–Crippen MR) is 126 cm³/mol. The second kappa shape index (κ2) is 9.58. The SMILES string of the molecule is I.NC(=NCc1ccc(S(=O)(=O)NC2CC2)cc1)N1CCN(c2nccs2)CC1. The van der Waals surface area contributed by atoms with Gasteiger partial charge in [0.05, 0.1) is 11.4 Å². The Bertz CT molecular complexity index is 922. The zero-order valence-electron chi connectivity index (χ0n) is 15.9. The van der Waals surface area contributed by atoms with Crippen LogP contribution in [0.3, 0.4) is 0 Å². The highest BCUT2D eigenvalue weighted by atomic mass is 127. The number of sulfonamides is 1. The maximum atomic E-state index is 12.2. The van der Waals surface area contributed by atoms with Crippen molar-refractivity contribution in [1.82, 2.24) is 14.6 Å². The second-order valence-corrected chi connectivity index (χ2v) is 9.59. The van der Waals surface area contributed by atoms with E-state index in [4.69, 9.17) is 5.73 Å². The van der Waals surface area contributed by atoms with Crippen LogP contribution in [0.4, 0.5) is 5.13 Å². The molecule has 2 aliphatic rings. The van der Waals surface area contributed by atoms with Crippen LogP contribution in [0.25, 0.3) is 0 Å². The zero-order chi connectivity index (χ0) is 19.6. The summed E-state index contributed by atoms with van der Waals surface area (Å²) in [4.78, 5) is 13.4. The fourth-order valence-corrected chi connectivity index (χ4v) is 5.04. The quantitative estimate of drug-likeness (QED) is 0.325. The summed E-state index contributed by atoms with van der Waals surface area (Å²) in [6.07, 6.45) is 3.66. The van der Waals surface area contributed by atoms with E-state index >= 15 is 0 Å². The van der Waals surface area contributed by atoms with E-state index < -0.39 is 10.0 Å². The number of piperazine rings is 1. The molecular weight excluding hydrogens is 523 g/mol. The van der Waals surface area contributed by atoms with Crippen molar-refractivity contribution in [3.63, 3.8) is 0 Å². The van der Waals surface area contributed by atoms with Crippen LogP contribution in [-0.4, -0.2) is 56.5 Å². The van der Waals surface area contributed by atoms with Gasteiger partial charge in [-0.2, -0.15) is 0 Å². The molecule has 2 fully saturated rings. The van der Waals surface area contributed by atoms with Gasteiger partial charge in [0.25, 0.3) is 0 Å². The van der Waals surface area contributed by atoms with Crippen molar-refractivity contribution in [2.75, 3.05) is 31.1 Å². The first-order valence-corrected chi connectivity index (χ1v) is 11.7. The van der Waals surface area contributed by atoms with Crippen molar-refractivity contribution in [3.05, 3.63) is 41.4 Å². The van der Waals surface area contributed by atoms with Crippen LogP contribution in [0.5, 0.6) is 0 Å². The molecule has 0 radical (unpaired) electrons. The summed E-state index contributed by atoms with van der Waals surface area (Å²) in [6, 6.07) is 6.93. The van der Waals surface area contributed by atoms with E-state index in [0.29, 0.717) is 17.4 Å². The van der Waals surface area contributed by atoms with Crippen LogP contribution in [0.1, 0.15) is 18.4 Å². The fourth-order valence-electron chi connectivity index (χ4n) is 3.03. The molecule has 1 aliphatic heterocycles. The minimum absolute atomic E-state index is 0. The molecule has 0 atom stereocenters. The molecule has 29 heavy (non-hydrogen) atoms. The molecule has 3 N–H and O–H groups in total. The van der Waals surface area contributed by atoms with E-state index in [-0.39, 0.29) is 30.0 Å². The minimum atomic E-state index is -3.41. The van der Waals surface area contributed by atoms with Gasteiger partial charge in [-0.05, 0) is 30.5 Å². The fraction of sp³-hybridized carbons (Fsp3) is 0.444. The Morgan fingerprint density at radius 2 is 1.90 bits per heavy atom. The number of anilines is 1.